The van der Waals surface area contributed by atoms with Crippen molar-refractivity contribution in [3.8, 4) is 16.9 Å². The first-order valence-electron chi connectivity index (χ1n) is 8.14. The quantitative estimate of drug-likeness (QED) is 0.640. The fourth-order valence-electron chi connectivity index (χ4n) is 3.29. The molecule has 0 aliphatic carbocycles. The van der Waals surface area contributed by atoms with Crippen molar-refractivity contribution in [1.29, 1.82) is 0 Å². The van der Waals surface area contributed by atoms with Gasteiger partial charge < -0.3 is 5.32 Å². The molecule has 3 nitrogen and oxygen atoms in total. The van der Waals surface area contributed by atoms with Crippen LogP contribution in [0.25, 0.3) is 16.9 Å². The third-order valence-electron chi connectivity index (χ3n) is 4.43. The number of rotatable bonds is 2. The van der Waals surface area contributed by atoms with E-state index in [1.807, 2.05) is 31.2 Å². The monoisotopic (exact) mass is 377 g/mol. The molecule has 0 amide bonds. The van der Waals surface area contributed by atoms with E-state index in [9.17, 15) is 13.2 Å². The SMILES string of the molecule is Cc1cccc(-c2nn(-c3ccc(Cl)cc3C(F)(F)F)c3c2CCN3)c1. The zero-order valence-electron chi connectivity index (χ0n) is 13.9. The van der Waals surface area contributed by atoms with Gasteiger partial charge in [-0.1, -0.05) is 35.4 Å². The summed E-state index contributed by atoms with van der Waals surface area (Å²) in [5.74, 6) is 0.606. The molecule has 0 saturated heterocycles. The maximum Gasteiger partial charge on any atom is 0.418 e. The Labute approximate surface area is 153 Å². The van der Waals surface area contributed by atoms with Crippen LogP contribution in [0.2, 0.25) is 5.02 Å². The molecule has 0 atom stereocenters. The highest BCUT2D eigenvalue weighted by molar-refractivity contribution is 6.30. The number of aromatic nitrogens is 2. The van der Waals surface area contributed by atoms with Gasteiger partial charge in [-0.3, -0.25) is 0 Å². The first-order valence-corrected chi connectivity index (χ1v) is 8.52. The number of nitrogens with one attached hydrogen (secondary N) is 1. The van der Waals surface area contributed by atoms with Gasteiger partial charge in [0.1, 0.15) is 5.82 Å². The van der Waals surface area contributed by atoms with Crippen LogP contribution in [0.1, 0.15) is 16.7 Å². The Morgan fingerprint density at radius 2 is 1.96 bits per heavy atom. The molecule has 1 aliphatic heterocycles. The normalized spacial score (nSPS) is 13.6. The number of halogens is 4. The lowest BCUT2D eigenvalue weighted by Gasteiger charge is -2.15. The average Bonchev–Trinajstić information content (AvgIpc) is 3.16. The smallest absolute Gasteiger partial charge is 0.369 e. The molecule has 0 fully saturated rings. The summed E-state index contributed by atoms with van der Waals surface area (Å²) >= 11 is 5.80. The Morgan fingerprint density at radius 3 is 2.69 bits per heavy atom. The summed E-state index contributed by atoms with van der Waals surface area (Å²) in [7, 11) is 0. The van der Waals surface area contributed by atoms with Crippen molar-refractivity contribution in [2.24, 2.45) is 0 Å². The van der Waals surface area contributed by atoms with E-state index in [0.717, 1.165) is 22.8 Å². The summed E-state index contributed by atoms with van der Waals surface area (Å²) < 4.78 is 41.9. The molecule has 7 heteroatoms. The Kier molecular flexibility index (Phi) is 3.95. The molecule has 2 heterocycles. The predicted molar refractivity (Wildman–Crippen MR) is 95.9 cm³/mol. The van der Waals surface area contributed by atoms with Crippen LogP contribution in [-0.4, -0.2) is 16.3 Å². The molecular weight excluding hydrogens is 363 g/mol. The van der Waals surface area contributed by atoms with Crippen molar-refractivity contribution in [2.45, 2.75) is 19.5 Å². The second-order valence-corrected chi connectivity index (χ2v) is 6.73. The number of nitrogens with zero attached hydrogens (tertiary/aromatic N) is 2. The average molecular weight is 378 g/mol. The van der Waals surface area contributed by atoms with Crippen LogP contribution < -0.4 is 5.32 Å². The van der Waals surface area contributed by atoms with Crippen molar-refractivity contribution in [3.05, 3.63) is 64.2 Å². The predicted octanol–water partition coefficient (Wildman–Crippen LogP) is 5.49. The van der Waals surface area contributed by atoms with Crippen LogP contribution in [0.4, 0.5) is 19.0 Å². The number of fused-ring (bicyclic) bond motifs is 1. The molecule has 1 N–H and O–H groups in total. The van der Waals surface area contributed by atoms with Gasteiger partial charge in [0.15, 0.2) is 0 Å². The van der Waals surface area contributed by atoms with E-state index in [1.54, 1.807) is 0 Å². The molecule has 0 unspecified atom stereocenters. The highest BCUT2D eigenvalue weighted by Gasteiger charge is 2.36. The van der Waals surface area contributed by atoms with E-state index in [-0.39, 0.29) is 10.7 Å². The van der Waals surface area contributed by atoms with Crippen LogP contribution in [0.3, 0.4) is 0 Å². The van der Waals surface area contributed by atoms with E-state index in [0.29, 0.717) is 24.5 Å². The van der Waals surface area contributed by atoms with Crippen molar-refractivity contribution in [3.63, 3.8) is 0 Å². The van der Waals surface area contributed by atoms with Crippen LogP contribution in [0.5, 0.6) is 0 Å². The van der Waals surface area contributed by atoms with Gasteiger partial charge in [0.05, 0.1) is 16.9 Å². The van der Waals surface area contributed by atoms with E-state index in [4.69, 9.17) is 11.6 Å². The van der Waals surface area contributed by atoms with Crippen molar-refractivity contribution < 1.29 is 13.2 Å². The third kappa shape index (κ3) is 2.84. The second-order valence-electron chi connectivity index (χ2n) is 6.29. The maximum absolute atomic E-state index is 13.5. The van der Waals surface area contributed by atoms with E-state index >= 15 is 0 Å². The Morgan fingerprint density at radius 1 is 1.15 bits per heavy atom. The van der Waals surface area contributed by atoms with Gasteiger partial charge in [-0.15, -0.1) is 0 Å². The molecule has 3 aromatic rings. The molecule has 1 aromatic heterocycles. The topological polar surface area (TPSA) is 29.9 Å². The highest BCUT2D eigenvalue weighted by atomic mass is 35.5. The van der Waals surface area contributed by atoms with Crippen LogP contribution in [0, 0.1) is 6.92 Å². The number of aryl methyl sites for hydroxylation is 1. The zero-order valence-corrected chi connectivity index (χ0v) is 14.6. The van der Waals surface area contributed by atoms with Gasteiger partial charge in [0, 0.05) is 22.7 Å². The summed E-state index contributed by atoms with van der Waals surface area (Å²) in [5, 5.41) is 7.73. The molecule has 0 radical (unpaired) electrons. The Hall–Kier alpha value is -2.47. The molecular formula is C19H15ClF3N3. The lowest BCUT2D eigenvalue weighted by atomic mass is 10.0. The third-order valence-corrected chi connectivity index (χ3v) is 4.67. The molecule has 0 spiro atoms. The van der Waals surface area contributed by atoms with E-state index < -0.39 is 11.7 Å². The molecule has 0 saturated carbocycles. The number of benzene rings is 2. The second kappa shape index (κ2) is 6.06. The van der Waals surface area contributed by atoms with Crippen LogP contribution >= 0.6 is 11.6 Å². The number of anilines is 1. The molecule has 0 bridgehead atoms. The highest BCUT2D eigenvalue weighted by Crippen LogP contribution is 2.40. The fraction of sp³-hybridized carbons (Fsp3) is 0.211. The summed E-state index contributed by atoms with van der Waals surface area (Å²) in [6.45, 7) is 2.64. The van der Waals surface area contributed by atoms with Gasteiger partial charge in [-0.05, 0) is 37.6 Å². The van der Waals surface area contributed by atoms with Crippen molar-refractivity contribution in [2.75, 3.05) is 11.9 Å². The Balaban J connectivity index is 1.94. The maximum atomic E-state index is 13.5. The molecule has 134 valence electrons. The summed E-state index contributed by atoms with van der Waals surface area (Å²) in [6, 6.07) is 11.5. The molecule has 2 aromatic carbocycles. The molecule has 26 heavy (non-hydrogen) atoms. The van der Waals surface area contributed by atoms with Crippen molar-refractivity contribution >= 4 is 17.4 Å². The Bertz CT molecular complexity index is 992. The number of hydrogen-bond donors (Lipinski definition) is 1. The van der Waals surface area contributed by atoms with E-state index in [1.165, 1.54) is 16.8 Å². The van der Waals surface area contributed by atoms with Gasteiger partial charge in [-0.2, -0.15) is 18.3 Å². The first kappa shape index (κ1) is 17.0. The first-order chi connectivity index (χ1) is 12.3. The van der Waals surface area contributed by atoms with Gasteiger partial charge in [0.2, 0.25) is 0 Å². The van der Waals surface area contributed by atoms with Gasteiger partial charge in [-0.25, -0.2) is 4.68 Å². The minimum Gasteiger partial charge on any atom is -0.369 e. The fourth-order valence-corrected chi connectivity index (χ4v) is 3.47. The van der Waals surface area contributed by atoms with Crippen LogP contribution in [0.15, 0.2) is 42.5 Å². The van der Waals surface area contributed by atoms with Crippen molar-refractivity contribution in [1.82, 2.24) is 9.78 Å². The summed E-state index contributed by atoms with van der Waals surface area (Å²) in [4.78, 5) is 0. The minimum atomic E-state index is -4.53. The standard InChI is InChI=1S/C19H15ClF3N3/c1-11-3-2-4-12(9-11)17-14-7-8-24-18(14)26(25-17)16-6-5-13(20)10-15(16)19(21,22)23/h2-6,9-10,24H,7-8H2,1H3. The zero-order chi connectivity index (χ0) is 18.5. The number of alkyl halides is 3. The summed E-state index contributed by atoms with van der Waals surface area (Å²) in [6.07, 6.45) is -3.81. The van der Waals surface area contributed by atoms with Crippen LogP contribution in [-0.2, 0) is 12.6 Å². The lowest BCUT2D eigenvalue weighted by molar-refractivity contribution is -0.137. The minimum absolute atomic E-state index is 0.0357. The van der Waals surface area contributed by atoms with E-state index in [2.05, 4.69) is 10.4 Å². The number of hydrogen-bond acceptors (Lipinski definition) is 2. The van der Waals surface area contributed by atoms with Gasteiger partial charge >= 0.3 is 6.18 Å². The van der Waals surface area contributed by atoms with Gasteiger partial charge in [0.25, 0.3) is 0 Å². The largest absolute Gasteiger partial charge is 0.418 e. The molecule has 4 rings (SSSR count). The lowest BCUT2D eigenvalue weighted by Crippen LogP contribution is -2.13. The summed E-state index contributed by atoms with van der Waals surface area (Å²) in [5.41, 5.74) is 2.76. The molecule has 1 aliphatic rings.